The number of hydrogen-bond donors (Lipinski definition) is 4. The summed E-state index contributed by atoms with van der Waals surface area (Å²) in [5, 5.41) is 18.9. The lowest BCUT2D eigenvalue weighted by atomic mass is 10.0. The van der Waals surface area contributed by atoms with Gasteiger partial charge in [-0.2, -0.15) is 15.0 Å². The number of benzene rings is 1. The number of rotatable bonds is 24. The molecular weight excluding hydrogens is 649 g/mol. The molecule has 1 saturated carbocycles. The van der Waals surface area contributed by atoms with Crippen LogP contribution in [0.15, 0.2) is 18.2 Å². The lowest BCUT2D eigenvalue weighted by Gasteiger charge is -2.40. The molecule has 2 heterocycles. The van der Waals surface area contributed by atoms with E-state index in [0.29, 0.717) is 95.6 Å². The molecular formula is C35H59FN7O7+. The van der Waals surface area contributed by atoms with Crippen molar-refractivity contribution >= 4 is 23.5 Å². The number of hydrogen-bond acceptors (Lipinski definition) is 13. The standard InChI is InChI=1S/C35H59FN7O7/c1-43(15-17-46-19-21-48-23-25-50-26-24-49-22-20-47-18-16-44)13-11-29(12-14-43)38-34-40-33(37-28-7-5-3-4-6-8-28)41-35(42-34)39-30-9-10-32(45-2)31(36)27-30/h9-10,27-29,44H,3-8,11-26H2,1-2H3,(H3,37,38,39,40,41,42)/q+1. The molecule has 1 aromatic heterocycles. The zero-order valence-electron chi connectivity index (χ0n) is 30.0. The Morgan fingerprint density at radius 2 is 1.20 bits per heavy atom. The Hall–Kier alpha value is -2.92. The van der Waals surface area contributed by atoms with E-state index in [0.717, 1.165) is 49.8 Å². The zero-order valence-corrected chi connectivity index (χ0v) is 30.0. The van der Waals surface area contributed by atoms with Gasteiger partial charge < -0.3 is 54.0 Å². The smallest absolute Gasteiger partial charge is 0.233 e. The Morgan fingerprint density at radius 3 is 1.72 bits per heavy atom. The first kappa shape index (κ1) is 39.9. The van der Waals surface area contributed by atoms with Crippen molar-refractivity contribution in [1.29, 1.82) is 0 Å². The van der Waals surface area contributed by atoms with Gasteiger partial charge in [-0.25, -0.2) is 4.39 Å². The summed E-state index contributed by atoms with van der Waals surface area (Å²) < 4.78 is 47.9. The molecule has 2 fully saturated rings. The summed E-state index contributed by atoms with van der Waals surface area (Å²) in [5.41, 5.74) is 0.532. The van der Waals surface area contributed by atoms with Gasteiger partial charge >= 0.3 is 0 Å². The first-order valence-electron chi connectivity index (χ1n) is 18.2. The fourth-order valence-electron chi connectivity index (χ4n) is 6.11. The number of nitrogens with one attached hydrogen (secondary N) is 3. The predicted octanol–water partition coefficient (Wildman–Crippen LogP) is 3.99. The molecule has 50 heavy (non-hydrogen) atoms. The highest BCUT2D eigenvalue weighted by Crippen LogP contribution is 2.26. The van der Waals surface area contributed by atoms with E-state index in [1.807, 2.05) is 0 Å². The predicted molar refractivity (Wildman–Crippen MR) is 190 cm³/mol. The Morgan fingerprint density at radius 1 is 0.700 bits per heavy atom. The van der Waals surface area contributed by atoms with Crippen LogP contribution >= 0.6 is 0 Å². The van der Waals surface area contributed by atoms with E-state index in [1.54, 1.807) is 12.1 Å². The van der Waals surface area contributed by atoms with Crippen LogP contribution in [0.2, 0.25) is 0 Å². The van der Waals surface area contributed by atoms with Crippen LogP contribution in [0.4, 0.5) is 27.9 Å². The van der Waals surface area contributed by atoms with Crippen molar-refractivity contribution in [2.75, 3.05) is 122 Å². The van der Waals surface area contributed by atoms with Crippen molar-refractivity contribution in [1.82, 2.24) is 15.0 Å². The summed E-state index contributed by atoms with van der Waals surface area (Å²) in [6, 6.07) is 5.25. The van der Waals surface area contributed by atoms with Crippen molar-refractivity contribution < 1.29 is 42.4 Å². The van der Waals surface area contributed by atoms with Crippen molar-refractivity contribution in [3.63, 3.8) is 0 Å². The van der Waals surface area contributed by atoms with E-state index < -0.39 is 5.82 Å². The van der Waals surface area contributed by atoms with Gasteiger partial charge in [0.15, 0.2) is 11.6 Å². The molecule has 0 spiro atoms. The lowest BCUT2D eigenvalue weighted by Crippen LogP contribution is -2.53. The van der Waals surface area contributed by atoms with Gasteiger partial charge in [-0.3, -0.25) is 0 Å². The molecule has 2 aliphatic rings. The number of methoxy groups -OCH3 is 1. The van der Waals surface area contributed by atoms with Crippen LogP contribution in [-0.4, -0.2) is 143 Å². The number of ether oxygens (including phenoxy) is 6. The molecule has 0 unspecified atom stereocenters. The maximum absolute atomic E-state index is 14.4. The van der Waals surface area contributed by atoms with Gasteiger partial charge in [-0.05, 0) is 25.0 Å². The zero-order chi connectivity index (χ0) is 35.3. The van der Waals surface area contributed by atoms with Crippen LogP contribution in [0.3, 0.4) is 0 Å². The van der Waals surface area contributed by atoms with E-state index in [-0.39, 0.29) is 18.4 Å². The molecule has 14 nitrogen and oxygen atoms in total. The Kier molecular flexibility index (Phi) is 18.2. The maximum Gasteiger partial charge on any atom is 0.233 e. The van der Waals surface area contributed by atoms with Gasteiger partial charge in [-0.1, -0.05) is 25.7 Å². The summed E-state index contributed by atoms with van der Waals surface area (Å²) in [4.78, 5) is 14.1. The number of anilines is 4. The molecule has 1 aliphatic carbocycles. The Balaban J connectivity index is 1.15. The average molecular weight is 709 g/mol. The van der Waals surface area contributed by atoms with Crippen LogP contribution in [0.5, 0.6) is 5.75 Å². The SMILES string of the molecule is COc1ccc(Nc2nc(NC3CCCCCC3)nc(NC3CC[N+](C)(CCOCCOCCOCCOCCOCCO)CC3)n2)cc1F. The van der Waals surface area contributed by atoms with Crippen LogP contribution < -0.4 is 20.7 Å². The van der Waals surface area contributed by atoms with Crippen LogP contribution in [0.25, 0.3) is 0 Å². The number of piperidine rings is 1. The summed E-state index contributed by atoms with van der Waals surface area (Å²) in [5.74, 6) is 1.12. The molecule has 1 aliphatic heterocycles. The highest BCUT2D eigenvalue weighted by Gasteiger charge is 2.30. The fourth-order valence-corrected chi connectivity index (χ4v) is 6.11. The first-order chi connectivity index (χ1) is 24.5. The lowest BCUT2D eigenvalue weighted by molar-refractivity contribution is -0.914. The van der Waals surface area contributed by atoms with Crippen LogP contribution in [0, 0.1) is 5.82 Å². The maximum atomic E-state index is 14.4. The van der Waals surface area contributed by atoms with Gasteiger partial charge in [0, 0.05) is 36.7 Å². The fraction of sp³-hybridized carbons (Fsp3) is 0.743. The largest absolute Gasteiger partial charge is 0.494 e. The molecule has 1 aromatic carbocycles. The third kappa shape index (κ3) is 15.1. The van der Waals surface area contributed by atoms with E-state index in [4.69, 9.17) is 38.5 Å². The van der Waals surface area contributed by atoms with E-state index in [2.05, 4.69) is 33.0 Å². The summed E-state index contributed by atoms with van der Waals surface area (Å²) in [6.07, 6.45) is 9.05. The van der Waals surface area contributed by atoms with E-state index in [1.165, 1.54) is 38.9 Å². The number of aromatic nitrogens is 3. The molecule has 15 heteroatoms. The number of halogens is 1. The van der Waals surface area contributed by atoms with Crippen LogP contribution in [-0.2, 0) is 23.7 Å². The van der Waals surface area contributed by atoms with Crippen molar-refractivity contribution in [2.24, 2.45) is 0 Å². The number of likely N-dealkylation sites (tertiary alicyclic amines) is 1. The van der Waals surface area contributed by atoms with E-state index >= 15 is 0 Å². The van der Waals surface area contributed by atoms with Gasteiger partial charge in [0.2, 0.25) is 17.8 Å². The van der Waals surface area contributed by atoms with Gasteiger partial charge in [0.1, 0.15) is 6.54 Å². The Bertz CT molecular complexity index is 1220. The number of likely N-dealkylation sites (N-methyl/N-ethyl adjacent to an activating group) is 1. The summed E-state index contributed by atoms with van der Waals surface area (Å²) in [7, 11) is 3.73. The highest BCUT2D eigenvalue weighted by molar-refractivity contribution is 5.57. The summed E-state index contributed by atoms with van der Waals surface area (Å²) >= 11 is 0. The van der Waals surface area contributed by atoms with Crippen LogP contribution in [0.1, 0.15) is 51.4 Å². The van der Waals surface area contributed by atoms with Crippen molar-refractivity contribution in [3.8, 4) is 5.75 Å². The van der Waals surface area contributed by atoms with E-state index in [9.17, 15) is 4.39 Å². The number of quaternary nitrogens is 1. The average Bonchev–Trinajstić information content (AvgIpc) is 3.38. The third-order valence-electron chi connectivity index (χ3n) is 9.10. The normalized spacial score (nSPS) is 20.0. The molecule has 4 N–H and O–H groups in total. The van der Waals surface area contributed by atoms with Gasteiger partial charge in [0.25, 0.3) is 0 Å². The Labute approximate surface area is 296 Å². The van der Waals surface area contributed by atoms with Gasteiger partial charge in [0.05, 0.1) is 99.9 Å². The molecule has 0 bridgehead atoms. The highest BCUT2D eigenvalue weighted by atomic mass is 19.1. The third-order valence-corrected chi connectivity index (χ3v) is 9.10. The molecule has 1 saturated heterocycles. The first-order valence-corrected chi connectivity index (χ1v) is 18.2. The molecule has 0 amide bonds. The monoisotopic (exact) mass is 708 g/mol. The minimum Gasteiger partial charge on any atom is -0.494 e. The number of aliphatic hydroxyl groups is 1. The quantitative estimate of drug-likeness (QED) is 0.0708. The molecule has 4 rings (SSSR count). The van der Waals surface area contributed by atoms with Crippen molar-refractivity contribution in [2.45, 2.75) is 63.5 Å². The number of nitrogens with zero attached hydrogens (tertiary/aromatic N) is 4. The molecule has 282 valence electrons. The topological polar surface area (TPSA) is 150 Å². The number of aliphatic hydroxyl groups excluding tert-OH is 1. The minimum atomic E-state index is -0.456. The molecule has 0 atom stereocenters. The van der Waals surface area contributed by atoms with Gasteiger partial charge in [-0.15, -0.1) is 0 Å². The molecule has 2 aromatic rings. The minimum absolute atomic E-state index is 0.0234. The van der Waals surface area contributed by atoms with Crippen molar-refractivity contribution in [3.05, 3.63) is 24.0 Å². The second kappa shape index (κ2) is 22.8. The second-order valence-electron chi connectivity index (χ2n) is 13.1. The molecule has 0 radical (unpaired) electrons. The second-order valence-corrected chi connectivity index (χ2v) is 13.1. The summed E-state index contributed by atoms with van der Waals surface area (Å²) in [6.45, 7) is 8.09.